The smallest absolute Gasteiger partial charge is 0.222 e. The minimum atomic E-state index is -0.797. The Morgan fingerprint density at radius 3 is 2.96 bits per heavy atom. The first-order chi connectivity index (χ1) is 11.6. The minimum Gasteiger partial charge on any atom is -0.377 e. The molecule has 1 aromatic heterocycles. The standard InChI is InChI=1S/C16H26N4O4/c1-17-14(21)11-16(23-2)12-19(9-10-24-13-16)15(22)5-3-7-20-8-4-6-18-20/h4,6,8H,3,5,7,9-13H2,1-2H3,(H,17,21)/t16-/m1/s1. The van der Waals surface area contributed by atoms with E-state index in [-0.39, 0.29) is 18.2 Å². The van der Waals surface area contributed by atoms with Gasteiger partial charge in [-0.2, -0.15) is 5.10 Å². The van der Waals surface area contributed by atoms with E-state index in [1.807, 2.05) is 16.9 Å². The van der Waals surface area contributed by atoms with Crippen molar-refractivity contribution in [1.29, 1.82) is 0 Å². The summed E-state index contributed by atoms with van der Waals surface area (Å²) in [5, 5.41) is 6.72. The highest BCUT2D eigenvalue weighted by Gasteiger charge is 2.38. The monoisotopic (exact) mass is 338 g/mol. The summed E-state index contributed by atoms with van der Waals surface area (Å²) in [5.41, 5.74) is -0.797. The number of nitrogens with zero attached hydrogens (tertiary/aromatic N) is 3. The summed E-state index contributed by atoms with van der Waals surface area (Å²) in [7, 11) is 3.14. The molecule has 0 radical (unpaired) electrons. The number of amides is 2. The van der Waals surface area contributed by atoms with Gasteiger partial charge in [-0.1, -0.05) is 0 Å². The van der Waals surface area contributed by atoms with Crippen LogP contribution in [0.15, 0.2) is 18.5 Å². The van der Waals surface area contributed by atoms with Crippen LogP contribution in [-0.4, -0.2) is 72.6 Å². The molecule has 8 nitrogen and oxygen atoms in total. The van der Waals surface area contributed by atoms with Gasteiger partial charge in [-0.25, -0.2) is 0 Å². The molecule has 1 saturated heterocycles. The third kappa shape index (κ3) is 5.04. The van der Waals surface area contributed by atoms with Crippen molar-refractivity contribution in [1.82, 2.24) is 20.0 Å². The van der Waals surface area contributed by atoms with Crippen LogP contribution in [0.1, 0.15) is 19.3 Å². The van der Waals surface area contributed by atoms with Crippen molar-refractivity contribution in [2.45, 2.75) is 31.4 Å². The van der Waals surface area contributed by atoms with Crippen LogP contribution in [0, 0.1) is 0 Å². The van der Waals surface area contributed by atoms with Gasteiger partial charge in [0.1, 0.15) is 5.60 Å². The Kier molecular flexibility index (Phi) is 6.74. The lowest BCUT2D eigenvalue weighted by atomic mass is 9.99. The van der Waals surface area contributed by atoms with Crippen molar-refractivity contribution in [3.63, 3.8) is 0 Å². The Labute approximate surface area is 142 Å². The summed E-state index contributed by atoms with van der Waals surface area (Å²) in [6.07, 6.45) is 4.91. The Balaban J connectivity index is 1.92. The van der Waals surface area contributed by atoms with Crippen molar-refractivity contribution in [2.24, 2.45) is 0 Å². The van der Waals surface area contributed by atoms with Gasteiger partial charge in [-0.3, -0.25) is 14.3 Å². The second-order valence-electron chi connectivity index (χ2n) is 5.98. The van der Waals surface area contributed by atoms with Crippen LogP contribution in [-0.2, 0) is 25.6 Å². The lowest BCUT2D eigenvalue weighted by Crippen LogP contribution is -2.50. The van der Waals surface area contributed by atoms with Crippen LogP contribution < -0.4 is 5.32 Å². The molecule has 24 heavy (non-hydrogen) atoms. The SMILES string of the molecule is CNC(=O)C[C@]1(OC)COCCN(C(=O)CCCn2cccn2)C1. The van der Waals surface area contributed by atoms with Gasteiger partial charge in [-0.15, -0.1) is 0 Å². The van der Waals surface area contributed by atoms with Gasteiger partial charge in [0.05, 0.1) is 26.2 Å². The van der Waals surface area contributed by atoms with Crippen molar-refractivity contribution in [3.8, 4) is 0 Å². The number of rotatable bonds is 7. The van der Waals surface area contributed by atoms with E-state index in [4.69, 9.17) is 9.47 Å². The third-order valence-electron chi connectivity index (χ3n) is 4.23. The third-order valence-corrected chi connectivity index (χ3v) is 4.23. The molecule has 0 unspecified atom stereocenters. The van der Waals surface area contributed by atoms with E-state index in [0.717, 1.165) is 0 Å². The fraction of sp³-hybridized carbons (Fsp3) is 0.688. The topological polar surface area (TPSA) is 85.7 Å². The largest absolute Gasteiger partial charge is 0.377 e. The molecule has 2 heterocycles. The van der Waals surface area contributed by atoms with Crippen LogP contribution in [0.3, 0.4) is 0 Å². The second kappa shape index (κ2) is 8.79. The Morgan fingerprint density at radius 1 is 1.46 bits per heavy atom. The summed E-state index contributed by atoms with van der Waals surface area (Å²) in [5.74, 6) is -0.0839. The molecule has 1 fully saturated rings. The molecule has 1 aliphatic heterocycles. The van der Waals surface area contributed by atoms with Gasteiger partial charge in [-0.05, 0) is 12.5 Å². The van der Waals surface area contributed by atoms with E-state index >= 15 is 0 Å². The van der Waals surface area contributed by atoms with Gasteiger partial charge in [0.15, 0.2) is 0 Å². The first-order valence-electron chi connectivity index (χ1n) is 8.17. The highest BCUT2D eigenvalue weighted by atomic mass is 16.5. The summed E-state index contributed by atoms with van der Waals surface area (Å²) in [6.45, 7) is 2.32. The summed E-state index contributed by atoms with van der Waals surface area (Å²) >= 11 is 0. The van der Waals surface area contributed by atoms with Gasteiger partial charge in [0.25, 0.3) is 0 Å². The zero-order valence-corrected chi connectivity index (χ0v) is 14.4. The Morgan fingerprint density at radius 2 is 2.29 bits per heavy atom. The minimum absolute atomic E-state index is 0.0472. The van der Waals surface area contributed by atoms with Crippen molar-refractivity contribution in [2.75, 3.05) is 40.5 Å². The molecular formula is C16H26N4O4. The Hall–Kier alpha value is -1.93. The van der Waals surface area contributed by atoms with E-state index in [1.54, 1.807) is 25.3 Å². The fourth-order valence-electron chi connectivity index (χ4n) is 2.79. The molecule has 0 aromatic carbocycles. The van der Waals surface area contributed by atoms with E-state index in [2.05, 4.69) is 10.4 Å². The zero-order chi connectivity index (χ0) is 17.4. The number of aryl methyl sites for hydroxylation is 1. The number of carbonyl (C=O) groups excluding carboxylic acids is 2. The predicted octanol–water partition coefficient (Wildman–Crippen LogP) is 0.0434. The molecule has 0 aliphatic carbocycles. The van der Waals surface area contributed by atoms with E-state index in [1.165, 1.54) is 0 Å². The maximum absolute atomic E-state index is 12.5. The van der Waals surface area contributed by atoms with Gasteiger partial charge < -0.3 is 19.7 Å². The van der Waals surface area contributed by atoms with Crippen molar-refractivity contribution < 1.29 is 19.1 Å². The van der Waals surface area contributed by atoms with E-state index < -0.39 is 5.60 Å². The molecule has 1 N–H and O–H groups in total. The lowest BCUT2D eigenvalue weighted by molar-refractivity contribution is -0.140. The molecule has 2 rings (SSSR count). The fourth-order valence-corrected chi connectivity index (χ4v) is 2.79. The van der Waals surface area contributed by atoms with Crippen LogP contribution >= 0.6 is 0 Å². The Bertz CT molecular complexity index is 534. The van der Waals surface area contributed by atoms with E-state index in [0.29, 0.717) is 45.7 Å². The predicted molar refractivity (Wildman–Crippen MR) is 87.3 cm³/mol. The van der Waals surface area contributed by atoms with Crippen LogP contribution in [0.5, 0.6) is 0 Å². The second-order valence-corrected chi connectivity index (χ2v) is 5.98. The molecule has 1 atom stereocenters. The number of aromatic nitrogens is 2. The number of methoxy groups -OCH3 is 1. The molecule has 0 bridgehead atoms. The highest BCUT2D eigenvalue weighted by molar-refractivity contribution is 5.78. The average Bonchev–Trinajstić information content (AvgIpc) is 3.01. The quantitative estimate of drug-likeness (QED) is 0.759. The number of hydrogen-bond donors (Lipinski definition) is 1. The molecule has 134 valence electrons. The van der Waals surface area contributed by atoms with Crippen LogP contribution in [0.25, 0.3) is 0 Å². The highest BCUT2D eigenvalue weighted by Crippen LogP contribution is 2.21. The average molecular weight is 338 g/mol. The molecule has 1 aliphatic rings. The van der Waals surface area contributed by atoms with Crippen LogP contribution in [0.4, 0.5) is 0 Å². The van der Waals surface area contributed by atoms with Crippen molar-refractivity contribution >= 4 is 11.8 Å². The number of hydrogen-bond acceptors (Lipinski definition) is 5. The van der Waals surface area contributed by atoms with Gasteiger partial charge in [0, 0.05) is 46.1 Å². The summed E-state index contributed by atoms with van der Waals surface area (Å²) < 4.78 is 13.0. The molecule has 1 aromatic rings. The number of nitrogens with one attached hydrogen (secondary N) is 1. The molecule has 0 spiro atoms. The van der Waals surface area contributed by atoms with Crippen LogP contribution in [0.2, 0.25) is 0 Å². The first kappa shape index (κ1) is 18.4. The molecule has 8 heteroatoms. The molecule has 2 amide bonds. The van der Waals surface area contributed by atoms with Gasteiger partial charge in [0.2, 0.25) is 11.8 Å². The lowest BCUT2D eigenvalue weighted by Gasteiger charge is -2.33. The van der Waals surface area contributed by atoms with E-state index in [9.17, 15) is 9.59 Å². The van der Waals surface area contributed by atoms with Gasteiger partial charge >= 0.3 is 0 Å². The first-order valence-corrected chi connectivity index (χ1v) is 8.17. The number of carbonyl (C=O) groups is 2. The summed E-state index contributed by atoms with van der Waals surface area (Å²) in [6, 6.07) is 1.86. The maximum Gasteiger partial charge on any atom is 0.222 e. The summed E-state index contributed by atoms with van der Waals surface area (Å²) in [4.78, 5) is 26.0. The normalized spacial score (nSPS) is 21.3. The zero-order valence-electron chi connectivity index (χ0n) is 14.4. The molecular weight excluding hydrogens is 312 g/mol. The molecule has 0 saturated carbocycles. The number of ether oxygens (including phenoxy) is 2. The maximum atomic E-state index is 12.5. The van der Waals surface area contributed by atoms with Crippen molar-refractivity contribution in [3.05, 3.63) is 18.5 Å².